The van der Waals surface area contributed by atoms with E-state index < -0.39 is 0 Å². The highest BCUT2D eigenvalue weighted by atomic mass is 15.3. The molecule has 6 nitrogen and oxygen atoms in total. The third-order valence-electron chi connectivity index (χ3n) is 3.69. The van der Waals surface area contributed by atoms with Gasteiger partial charge >= 0.3 is 0 Å². The molecule has 1 unspecified atom stereocenters. The summed E-state index contributed by atoms with van der Waals surface area (Å²) in [7, 11) is 0. The van der Waals surface area contributed by atoms with Crippen LogP contribution in [0.15, 0.2) is 30.6 Å². The molecule has 0 amide bonds. The number of nitrogens with zero attached hydrogens (tertiary/aromatic N) is 5. The second-order valence-corrected chi connectivity index (χ2v) is 4.94. The smallest absolute Gasteiger partial charge is 0.166 e. The van der Waals surface area contributed by atoms with Gasteiger partial charge in [-0.3, -0.25) is 9.97 Å². The van der Waals surface area contributed by atoms with E-state index in [1.54, 1.807) is 12.4 Å². The van der Waals surface area contributed by atoms with Gasteiger partial charge in [-0.15, -0.1) is 10.2 Å². The second-order valence-electron chi connectivity index (χ2n) is 4.94. The molecule has 0 spiro atoms. The Hall–Kier alpha value is -2.34. The van der Waals surface area contributed by atoms with Crippen molar-refractivity contribution in [3.63, 3.8) is 0 Å². The minimum absolute atomic E-state index is 0.228. The maximum absolute atomic E-state index is 4.45. The SMILES string of the molecule is CC1NCCn2c(-c3cccc4nccnc34)nnc21. The molecule has 1 N–H and O–H groups in total. The van der Waals surface area contributed by atoms with Gasteiger partial charge in [-0.05, 0) is 19.1 Å². The Morgan fingerprint density at radius 3 is 3.05 bits per heavy atom. The second kappa shape index (κ2) is 4.35. The lowest BCUT2D eigenvalue weighted by Gasteiger charge is -2.22. The van der Waals surface area contributed by atoms with Crippen LogP contribution in [0.1, 0.15) is 18.8 Å². The molecule has 0 saturated carbocycles. The highest BCUT2D eigenvalue weighted by molar-refractivity contribution is 5.89. The van der Waals surface area contributed by atoms with Gasteiger partial charge in [0.2, 0.25) is 0 Å². The normalized spacial score (nSPS) is 18.1. The molecule has 1 aliphatic rings. The lowest BCUT2D eigenvalue weighted by Crippen LogP contribution is -2.32. The summed E-state index contributed by atoms with van der Waals surface area (Å²) < 4.78 is 2.17. The van der Waals surface area contributed by atoms with Crippen molar-refractivity contribution in [3.05, 3.63) is 36.4 Å². The summed E-state index contributed by atoms with van der Waals surface area (Å²) in [6.45, 7) is 3.90. The van der Waals surface area contributed by atoms with Gasteiger partial charge < -0.3 is 9.88 Å². The molecule has 20 heavy (non-hydrogen) atoms. The fraction of sp³-hybridized carbons (Fsp3) is 0.286. The Labute approximate surface area is 115 Å². The van der Waals surface area contributed by atoms with Gasteiger partial charge in [-0.25, -0.2) is 0 Å². The van der Waals surface area contributed by atoms with E-state index in [-0.39, 0.29) is 6.04 Å². The summed E-state index contributed by atoms with van der Waals surface area (Å²) in [5, 5.41) is 12.1. The molecule has 100 valence electrons. The van der Waals surface area contributed by atoms with Crippen LogP contribution in [0.3, 0.4) is 0 Å². The number of fused-ring (bicyclic) bond motifs is 2. The van der Waals surface area contributed by atoms with Gasteiger partial charge in [0, 0.05) is 31.0 Å². The van der Waals surface area contributed by atoms with Gasteiger partial charge in [0.05, 0.1) is 17.1 Å². The number of para-hydroxylation sites is 1. The highest BCUT2D eigenvalue weighted by Gasteiger charge is 2.23. The van der Waals surface area contributed by atoms with Crippen molar-refractivity contribution < 1.29 is 0 Å². The zero-order valence-corrected chi connectivity index (χ0v) is 11.1. The number of rotatable bonds is 1. The molecule has 2 aromatic heterocycles. The van der Waals surface area contributed by atoms with E-state index in [4.69, 9.17) is 0 Å². The van der Waals surface area contributed by atoms with Crippen molar-refractivity contribution in [3.8, 4) is 11.4 Å². The molecule has 6 heteroatoms. The number of benzene rings is 1. The summed E-state index contributed by atoms with van der Waals surface area (Å²) in [5.74, 6) is 1.85. The maximum atomic E-state index is 4.45. The third kappa shape index (κ3) is 1.61. The van der Waals surface area contributed by atoms with Crippen molar-refractivity contribution >= 4 is 11.0 Å². The Kier molecular flexibility index (Phi) is 2.50. The van der Waals surface area contributed by atoms with Crippen LogP contribution < -0.4 is 5.32 Å². The van der Waals surface area contributed by atoms with Crippen LogP contribution >= 0.6 is 0 Å². The Morgan fingerprint density at radius 1 is 1.20 bits per heavy atom. The molecule has 0 fully saturated rings. The monoisotopic (exact) mass is 266 g/mol. The van der Waals surface area contributed by atoms with Crippen LogP contribution in [0.2, 0.25) is 0 Å². The topological polar surface area (TPSA) is 68.5 Å². The summed E-state index contributed by atoms with van der Waals surface area (Å²) >= 11 is 0. The van der Waals surface area contributed by atoms with E-state index in [1.807, 2.05) is 18.2 Å². The average molecular weight is 266 g/mol. The zero-order valence-electron chi connectivity index (χ0n) is 11.1. The summed E-state index contributed by atoms with van der Waals surface area (Å²) in [6, 6.07) is 6.20. The number of hydrogen-bond acceptors (Lipinski definition) is 5. The van der Waals surface area contributed by atoms with Gasteiger partial charge in [-0.1, -0.05) is 6.07 Å². The fourth-order valence-corrected chi connectivity index (χ4v) is 2.71. The summed E-state index contributed by atoms with van der Waals surface area (Å²) in [6.07, 6.45) is 3.42. The van der Waals surface area contributed by atoms with Crippen molar-refractivity contribution in [2.24, 2.45) is 0 Å². The van der Waals surface area contributed by atoms with Crippen molar-refractivity contribution in [2.75, 3.05) is 6.54 Å². The summed E-state index contributed by atoms with van der Waals surface area (Å²) in [5.41, 5.74) is 2.74. The van der Waals surface area contributed by atoms with Gasteiger partial charge in [-0.2, -0.15) is 0 Å². The van der Waals surface area contributed by atoms with E-state index in [1.165, 1.54) is 0 Å². The molecule has 1 aliphatic heterocycles. The molecule has 3 aromatic rings. The minimum Gasteiger partial charge on any atom is -0.308 e. The molecular formula is C14H14N6. The molecule has 1 atom stereocenters. The molecule has 0 radical (unpaired) electrons. The van der Waals surface area contributed by atoms with Crippen molar-refractivity contribution in [1.29, 1.82) is 0 Å². The predicted octanol–water partition coefficient (Wildman–Crippen LogP) is 1.55. The van der Waals surface area contributed by atoms with Crippen molar-refractivity contribution in [2.45, 2.75) is 19.5 Å². The van der Waals surface area contributed by atoms with Crippen molar-refractivity contribution in [1.82, 2.24) is 30.0 Å². The van der Waals surface area contributed by atoms with Crippen LogP contribution in [0.5, 0.6) is 0 Å². The minimum atomic E-state index is 0.228. The lowest BCUT2D eigenvalue weighted by atomic mass is 10.1. The molecule has 0 aliphatic carbocycles. The standard InChI is InChI=1S/C14H14N6/c1-9-13-18-19-14(20(13)8-7-15-9)10-3-2-4-11-12(10)17-6-5-16-11/h2-6,9,15H,7-8H2,1H3. The van der Waals surface area contributed by atoms with E-state index in [0.717, 1.165) is 41.3 Å². The first-order valence-corrected chi connectivity index (χ1v) is 6.71. The van der Waals surface area contributed by atoms with Gasteiger partial charge in [0.25, 0.3) is 0 Å². The van der Waals surface area contributed by atoms with Gasteiger partial charge in [0.1, 0.15) is 5.82 Å². The Morgan fingerprint density at radius 2 is 2.10 bits per heavy atom. The zero-order chi connectivity index (χ0) is 13.5. The first-order chi connectivity index (χ1) is 9.84. The maximum Gasteiger partial charge on any atom is 0.166 e. The quantitative estimate of drug-likeness (QED) is 0.723. The van der Waals surface area contributed by atoms with Crippen LogP contribution in [0.4, 0.5) is 0 Å². The Balaban J connectivity index is 1.96. The summed E-state index contributed by atoms with van der Waals surface area (Å²) in [4.78, 5) is 8.79. The predicted molar refractivity (Wildman–Crippen MR) is 75.0 cm³/mol. The molecule has 0 saturated heterocycles. The first kappa shape index (κ1) is 11.5. The molecule has 4 rings (SSSR count). The third-order valence-corrected chi connectivity index (χ3v) is 3.69. The van der Waals surface area contributed by atoms with Gasteiger partial charge in [0.15, 0.2) is 5.82 Å². The highest BCUT2D eigenvalue weighted by Crippen LogP contribution is 2.27. The first-order valence-electron chi connectivity index (χ1n) is 6.71. The lowest BCUT2D eigenvalue weighted by molar-refractivity contribution is 0.439. The van der Waals surface area contributed by atoms with E-state index in [9.17, 15) is 0 Å². The van der Waals surface area contributed by atoms with Crippen LogP contribution in [-0.4, -0.2) is 31.3 Å². The molecule has 3 heterocycles. The number of hydrogen-bond donors (Lipinski definition) is 1. The van der Waals surface area contributed by atoms with E-state index >= 15 is 0 Å². The Bertz CT molecular complexity index is 773. The number of nitrogens with one attached hydrogen (secondary N) is 1. The number of aromatic nitrogens is 5. The van der Waals surface area contributed by atoms with E-state index in [0.29, 0.717) is 0 Å². The van der Waals surface area contributed by atoms with Crippen LogP contribution in [0, 0.1) is 0 Å². The molecule has 1 aromatic carbocycles. The van der Waals surface area contributed by atoms with Crippen LogP contribution in [-0.2, 0) is 6.54 Å². The fourth-order valence-electron chi connectivity index (χ4n) is 2.71. The molecular weight excluding hydrogens is 252 g/mol. The largest absolute Gasteiger partial charge is 0.308 e. The van der Waals surface area contributed by atoms with E-state index in [2.05, 4.69) is 37.0 Å². The molecule has 0 bridgehead atoms. The van der Waals surface area contributed by atoms with Crippen LogP contribution in [0.25, 0.3) is 22.4 Å². The average Bonchev–Trinajstić information content (AvgIpc) is 2.92.